The highest BCUT2D eigenvalue weighted by Gasteiger charge is 2.11. The van der Waals surface area contributed by atoms with Gasteiger partial charge in [0.05, 0.1) is 0 Å². The molecule has 0 unspecified atom stereocenters. The second-order valence-electron chi connectivity index (χ2n) is 4.96. The molecule has 1 aromatic heterocycles. The molecule has 1 aromatic carbocycles. The molecule has 4 nitrogen and oxygen atoms in total. The van der Waals surface area contributed by atoms with Gasteiger partial charge in [-0.3, -0.25) is 0 Å². The van der Waals surface area contributed by atoms with Crippen LogP contribution in [0.15, 0.2) is 27.8 Å². The lowest BCUT2D eigenvalue weighted by Crippen LogP contribution is -2.20. The summed E-state index contributed by atoms with van der Waals surface area (Å²) in [5, 5.41) is 0.752. The van der Waals surface area contributed by atoms with Gasteiger partial charge in [-0.05, 0) is 51.0 Å². The standard InChI is InChI=1S/C14H19N3OS/c15-11-4-5-12-13(10-11)18-14(16-12)19-9-3-8-17-6-1-2-7-17/h4-5,10H,1-3,6-9,15H2. The predicted octanol–water partition coefficient (Wildman–Crippen LogP) is 2.99. The van der Waals surface area contributed by atoms with E-state index in [1.54, 1.807) is 11.8 Å². The molecule has 1 fully saturated rings. The number of rotatable bonds is 5. The molecule has 2 heterocycles. The van der Waals surface area contributed by atoms with Gasteiger partial charge >= 0.3 is 0 Å². The maximum atomic E-state index is 5.72. The third kappa shape index (κ3) is 3.22. The van der Waals surface area contributed by atoms with Crippen LogP contribution in [-0.2, 0) is 0 Å². The van der Waals surface area contributed by atoms with E-state index in [1.165, 1.54) is 38.9 Å². The number of hydrogen-bond acceptors (Lipinski definition) is 5. The minimum atomic E-state index is 0.717. The van der Waals surface area contributed by atoms with Crippen LogP contribution >= 0.6 is 11.8 Å². The quantitative estimate of drug-likeness (QED) is 0.517. The Morgan fingerprint density at radius 3 is 3.00 bits per heavy atom. The monoisotopic (exact) mass is 277 g/mol. The molecule has 0 radical (unpaired) electrons. The SMILES string of the molecule is Nc1ccc2nc(SCCCN3CCCC3)oc2c1. The fourth-order valence-corrected chi connectivity index (χ4v) is 3.20. The molecule has 0 bridgehead atoms. The van der Waals surface area contributed by atoms with Crippen LogP contribution in [0.2, 0.25) is 0 Å². The van der Waals surface area contributed by atoms with E-state index in [9.17, 15) is 0 Å². The van der Waals surface area contributed by atoms with Crippen LogP contribution in [-0.4, -0.2) is 35.3 Å². The van der Waals surface area contributed by atoms with E-state index >= 15 is 0 Å². The molecule has 2 aromatic rings. The summed E-state index contributed by atoms with van der Waals surface area (Å²) in [5.74, 6) is 1.05. The van der Waals surface area contributed by atoms with Crippen molar-refractivity contribution in [2.75, 3.05) is 31.1 Å². The number of anilines is 1. The van der Waals surface area contributed by atoms with Crippen molar-refractivity contribution in [2.24, 2.45) is 0 Å². The number of oxazole rings is 1. The Morgan fingerprint density at radius 1 is 1.32 bits per heavy atom. The third-order valence-corrected chi connectivity index (χ3v) is 4.35. The molecule has 102 valence electrons. The first-order valence-electron chi connectivity index (χ1n) is 6.82. The Balaban J connectivity index is 1.50. The van der Waals surface area contributed by atoms with Crippen LogP contribution in [0.1, 0.15) is 19.3 Å². The van der Waals surface area contributed by atoms with Crippen molar-refractivity contribution in [1.82, 2.24) is 9.88 Å². The van der Waals surface area contributed by atoms with Gasteiger partial charge in [-0.1, -0.05) is 11.8 Å². The van der Waals surface area contributed by atoms with E-state index in [4.69, 9.17) is 10.2 Å². The highest BCUT2D eigenvalue weighted by atomic mass is 32.2. The normalized spacial score (nSPS) is 16.4. The molecule has 0 atom stereocenters. The second kappa shape index (κ2) is 5.84. The summed E-state index contributed by atoms with van der Waals surface area (Å²) in [4.78, 5) is 6.99. The Kier molecular flexibility index (Phi) is 3.94. The van der Waals surface area contributed by atoms with Crippen LogP contribution in [0.3, 0.4) is 0 Å². The highest BCUT2D eigenvalue weighted by Crippen LogP contribution is 2.25. The zero-order chi connectivity index (χ0) is 13.1. The molecule has 1 aliphatic heterocycles. The fraction of sp³-hybridized carbons (Fsp3) is 0.500. The number of nitrogens with two attached hydrogens (primary N) is 1. The maximum Gasteiger partial charge on any atom is 0.256 e. The predicted molar refractivity (Wildman–Crippen MR) is 79.4 cm³/mol. The van der Waals surface area contributed by atoms with Gasteiger partial charge in [-0.15, -0.1) is 0 Å². The first kappa shape index (κ1) is 12.8. The number of benzene rings is 1. The zero-order valence-corrected chi connectivity index (χ0v) is 11.8. The van der Waals surface area contributed by atoms with Crippen LogP contribution in [0, 0.1) is 0 Å². The molecule has 5 heteroatoms. The van der Waals surface area contributed by atoms with Crippen LogP contribution in [0.5, 0.6) is 0 Å². The van der Waals surface area contributed by atoms with Gasteiger partial charge in [0.1, 0.15) is 5.52 Å². The van der Waals surface area contributed by atoms with Crippen molar-refractivity contribution in [1.29, 1.82) is 0 Å². The maximum absolute atomic E-state index is 5.72. The number of fused-ring (bicyclic) bond motifs is 1. The number of likely N-dealkylation sites (tertiary alicyclic amines) is 1. The van der Waals surface area contributed by atoms with Crippen molar-refractivity contribution in [2.45, 2.75) is 24.5 Å². The number of nitrogens with zero attached hydrogens (tertiary/aromatic N) is 2. The average Bonchev–Trinajstić information content (AvgIpc) is 3.02. The Labute approximate surface area is 117 Å². The van der Waals surface area contributed by atoms with Crippen molar-refractivity contribution in [3.8, 4) is 0 Å². The number of nitrogen functional groups attached to an aromatic ring is 1. The van der Waals surface area contributed by atoms with Crippen molar-refractivity contribution in [3.63, 3.8) is 0 Å². The van der Waals surface area contributed by atoms with Gasteiger partial charge in [0.25, 0.3) is 5.22 Å². The highest BCUT2D eigenvalue weighted by molar-refractivity contribution is 7.99. The van der Waals surface area contributed by atoms with Gasteiger partial charge in [-0.25, -0.2) is 4.98 Å². The van der Waals surface area contributed by atoms with Crippen LogP contribution in [0.25, 0.3) is 11.1 Å². The summed E-state index contributed by atoms with van der Waals surface area (Å²) in [7, 11) is 0. The summed E-state index contributed by atoms with van der Waals surface area (Å²) < 4.78 is 5.68. The van der Waals surface area contributed by atoms with Gasteiger partial charge in [-0.2, -0.15) is 0 Å². The van der Waals surface area contributed by atoms with E-state index in [-0.39, 0.29) is 0 Å². The molecule has 0 saturated carbocycles. The van der Waals surface area contributed by atoms with E-state index in [0.29, 0.717) is 5.69 Å². The number of aromatic nitrogens is 1. The van der Waals surface area contributed by atoms with Crippen molar-refractivity contribution in [3.05, 3.63) is 18.2 Å². The van der Waals surface area contributed by atoms with E-state index in [2.05, 4.69) is 9.88 Å². The van der Waals surface area contributed by atoms with Gasteiger partial charge < -0.3 is 15.1 Å². The molecule has 2 N–H and O–H groups in total. The van der Waals surface area contributed by atoms with Gasteiger partial charge in [0.2, 0.25) is 0 Å². The summed E-state index contributed by atoms with van der Waals surface area (Å²) in [5.41, 5.74) is 8.11. The minimum absolute atomic E-state index is 0.717. The molecule has 1 aliphatic rings. The Bertz CT molecular complexity index is 549. The zero-order valence-electron chi connectivity index (χ0n) is 11.0. The van der Waals surface area contributed by atoms with Gasteiger partial charge in [0, 0.05) is 17.5 Å². The van der Waals surface area contributed by atoms with E-state index in [1.807, 2.05) is 18.2 Å². The average molecular weight is 277 g/mol. The summed E-state index contributed by atoms with van der Waals surface area (Å²) >= 11 is 1.69. The first-order chi connectivity index (χ1) is 9.31. The molecule has 0 aliphatic carbocycles. The summed E-state index contributed by atoms with van der Waals surface area (Å²) in [6.45, 7) is 3.74. The molecule has 19 heavy (non-hydrogen) atoms. The molecular formula is C14H19N3OS. The lowest BCUT2D eigenvalue weighted by molar-refractivity contribution is 0.340. The Morgan fingerprint density at radius 2 is 2.16 bits per heavy atom. The second-order valence-corrected chi connectivity index (χ2v) is 6.00. The molecule has 0 amide bonds. The van der Waals surface area contributed by atoms with Crippen molar-refractivity contribution < 1.29 is 4.42 Å². The minimum Gasteiger partial charge on any atom is -0.431 e. The molecule has 0 spiro atoms. The van der Waals surface area contributed by atoms with E-state index < -0.39 is 0 Å². The molecule has 1 saturated heterocycles. The first-order valence-corrected chi connectivity index (χ1v) is 7.81. The third-order valence-electron chi connectivity index (χ3n) is 3.44. The number of hydrogen-bond donors (Lipinski definition) is 1. The molecular weight excluding hydrogens is 258 g/mol. The lowest BCUT2D eigenvalue weighted by atomic mass is 10.3. The summed E-state index contributed by atoms with van der Waals surface area (Å²) in [6.07, 6.45) is 3.91. The lowest BCUT2D eigenvalue weighted by Gasteiger charge is -2.12. The smallest absolute Gasteiger partial charge is 0.256 e. The topological polar surface area (TPSA) is 55.3 Å². The fourth-order valence-electron chi connectivity index (χ4n) is 2.44. The molecule has 3 rings (SSSR count). The van der Waals surface area contributed by atoms with Crippen molar-refractivity contribution >= 4 is 28.5 Å². The van der Waals surface area contributed by atoms with Crippen LogP contribution in [0.4, 0.5) is 5.69 Å². The van der Waals surface area contributed by atoms with Crippen LogP contribution < -0.4 is 5.73 Å². The largest absolute Gasteiger partial charge is 0.431 e. The van der Waals surface area contributed by atoms with Gasteiger partial charge in [0.15, 0.2) is 5.58 Å². The number of thioether (sulfide) groups is 1. The van der Waals surface area contributed by atoms with E-state index in [0.717, 1.165) is 22.1 Å². The summed E-state index contributed by atoms with van der Waals surface area (Å²) in [6, 6.07) is 5.59. The Hall–Kier alpha value is -1.20.